The van der Waals surface area contributed by atoms with E-state index in [1.54, 1.807) is 12.1 Å². The highest BCUT2D eigenvalue weighted by molar-refractivity contribution is 6.40. The Balaban J connectivity index is 1.80. The lowest BCUT2D eigenvalue weighted by Gasteiger charge is -2.14. The van der Waals surface area contributed by atoms with Gasteiger partial charge in [0.1, 0.15) is 6.61 Å². The number of imide groups is 1. The molecule has 148 valence electrons. The van der Waals surface area contributed by atoms with Crippen LogP contribution in [-0.2, 0) is 4.79 Å². The van der Waals surface area contributed by atoms with Gasteiger partial charge in [0.25, 0.3) is 0 Å². The second-order valence-corrected chi connectivity index (χ2v) is 6.69. The number of guanidine groups is 1. The molecule has 1 fully saturated rings. The van der Waals surface area contributed by atoms with E-state index in [1.165, 1.54) is 0 Å². The lowest BCUT2D eigenvalue weighted by Crippen LogP contribution is -2.40. The highest BCUT2D eigenvalue weighted by atomic mass is 35.5. The van der Waals surface area contributed by atoms with Gasteiger partial charge in [-0.15, -0.1) is 0 Å². The zero-order valence-electron chi connectivity index (χ0n) is 14.7. The van der Waals surface area contributed by atoms with E-state index in [9.17, 15) is 9.59 Å². The summed E-state index contributed by atoms with van der Waals surface area (Å²) in [6.07, 6.45) is 0. The Kier molecular flexibility index (Phi) is 8.27. The molecule has 1 aliphatic rings. The molecule has 8 nitrogen and oxygen atoms in total. The lowest BCUT2D eigenvalue weighted by atomic mass is 10.3. The Bertz CT molecular complexity index is 690. The summed E-state index contributed by atoms with van der Waals surface area (Å²) in [6.45, 7) is 3.84. The summed E-state index contributed by atoms with van der Waals surface area (Å²) >= 11 is 18.0. The van der Waals surface area contributed by atoms with Crippen LogP contribution in [0.3, 0.4) is 0 Å². The molecule has 1 heterocycles. The first kappa shape index (κ1) is 21.4. The Hall–Kier alpha value is -1.90. The number of urea groups is 1. The Morgan fingerprint density at radius 1 is 1.26 bits per heavy atom. The highest BCUT2D eigenvalue weighted by Crippen LogP contribution is 2.35. The largest absolute Gasteiger partial charge is 0.489 e. The molecular weight excluding hydrogens is 417 g/mol. The quantitative estimate of drug-likeness (QED) is 0.251. The van der Waals surface area contributed by atoms with Crippen LogP contribution in [0, 0.1) is 0 Å². The molecule has 3 amide bonds. The van der Waals surface area contributed by atoms with E-state index in [2.05, 4.69) is 20.9 Å². The topological polar surface area (TPSA) is 95.1 Å². The van der Waals surface area contributed by atoms with Crippen LogP contribution < -0.4 is 20.7 Å². The molecule has 0 unspecified atom stereocenters. The normalized spacial score (nSPS) is 14.4. The first-order chi connectivity index (χ1) is 12.9. The Morgan fingerprint density at radius 2 is 1.96 bits per heavy atom. The highest BCUT2D eigenvalue weighted by Gasteiger charge is 2.27. The second kappa shape index (κ2) is 10.4. The predicted molar refractivity (Wildman–Crippen MR) is 106 cm³/mol. The van der Waals surface area contributed by atoms with Crippen molar-refractivity contribution in [3.63, 3.8) is 0 Å². The van der Waals surface area contributed by atoms with Crippen LogP contribution in [0.1, 0.15) is 6.92 Å². The van der Waals surface area contributed by atoms with Crippen LogP contribution in [0.2, 0.25) is 15.1 Å². The predicted octanol–water partition coefficient (Wildman–Crippen LogP) is 2.13. The van der Waals surface area contributed by atoms with Crippen molar-refractivity contribution in [3.05, 3.63) is 27.2 Å². The van der Waals surface area contributed by atoms with Gasteiger partial charge in [-0.1, -0.05) is 34.8 Å². The number of carbonyl (C=O) groups excluding carboxylic acids is 2. The van der Waals surface area contributed by atoms with Crippen LogP contribution in [0.5, 0.6) is 5.75 Å². The van der Waals surface area contributed by atoms with Crippen molar-refractivity contribution in [3.8, 4) is 5.75 Å². The van der Waals surface area contributed by atoms with Crippen molar-refractivity contribution in [2.45, 2.75) is 6.92 Å². The van der Waals surface area contributed by atoms with Crippen molar-refractivity contribution in [1.29, 1.82) is 0 Å². The molecule has 11 heteroatoms. The number of ether oxygens (including phenoxy) is 1. The third-order valence-electron chi connectivity index (χ3n) is 3.48. The minimum absolute atomic E-state index is 0.0357. The number of hydrogen-bond acceptors (Lipinski definition) is 4. The van der Waals surface area contributed by atoms with Crippen molar-refractivity contribution in [2.75, 3.05) is 39.3 Å². The number of benzene rings is 1. The van der Waals surface area contributed by atoms with E-state index in [0.717, 1.165) is 4.90 Å². The third kappa shape index (κ3) is 6.34. The molecule has 0 saturated carbocycles. The number of hydrogen-bond donors (Lipinski definition) is 3. The lowest BCUT2D eigenvalue weighted by molar-refractivity contribution is -0.124. The van der Waals surface area contributed by atoms with E-state index >= 15 is 0 Å². The van der Waals surface area contributed by atoms with Gasteiger partial charge in [-0.25, -0.2) is 4.79 Å². The molecule has 0 bridgehead atoms. The minimum Gasteiger partial charge on any atom is -0.489 e. The average Bonchev–Trinajstić information content (AvgIpc) is 2.92. The monoisotopic (exact) mass is 435 g/mol. The first-order valence-corrected chi connectivity index (χ1v) is 9.43. The van der Waals surface area contributed by atoms with Gasteiger partial charge in [0.15, 0.2) is 11.7 Å². The number of amides is 3. The molecule has 1 aromatic rings. The number of rotatable bonds is 8. The van der Waals surface area contributed by atoms with Gasteiger partial charge in [-0.2, -0.15) is 0 Å². The van der Waals surface area contributed by atoms with Crippen LogP contribution in [0.15, 0.2) is 17.1 Å². The summed E-state index contributed by atoms with van der Waals surface area (Å²) < 4.78 is 5.59. The fourth-order valence-corrected chi connectivity index (χ4v) is 3.20. The van der Waals surface area contributed by atoms with E-state index in [-0.39, 0.29) is 25.5 Å². The molecule has 27 heavy (non-hydrogen) atoms. The van der Waals surface area contributed by atoms with Crippen LogP contribution in [-0.4, -0.2) is 62.1 Å². The van der Waals surface area contributed by atoms with Crippen LogP contribution >= 0.6 is 34.8 Å². The van der Waals surface area contributed by atoms with E-state index in [1.807, 2.05) is 6.92 Å². The maximum atomic E-state index is 11.5. The van der Waals surface area contributed by atoms with Crippen molar-refractivity contribution >= 4 is 52.7 Å². The van der Waals surface area contributed by atoms with Gasteiger partial charge in [0.05, 0.1) is 36.2 Å². The molecule has 0 atom stereocenters. The number of nitrogens with zero attached hydrogens (tertiary/aromatic N) is 2. The number of aliphatic imine (C=N–C) groups is 1. The van der Waals surface area contributed by atoms with Crippen molar-refractivity contribution in [2.24, 2.45) is 4.99 Å². The number of halogens is 3. The minimum atomic E-state index is -0.390. The molecule has 1 aliphatic heterocycles. The Labute approximate surface area is 172 Å². The summed E-state index contributed by atoms with van der Waals surface area (Å²) in [5.74, 6) is 0.657. The Morgan fingerprint density at radius 3 is 2.56 bits per heavy atom. The fraction of sp³-hybridized carbons (Fsp3) is 0.438. The smallest absolute Gasteiger partial charge is 0.324 e. The molecule has 2 rings (SSSR count). The van der Waals surface area contributed by atoms with Gasteiger partial charge in [-0.3, -0.25) is 14.7 Å². The standard InChI is InChI=1S/C16H20Cl3N5O3/c1-2-20-15(21-3-5-24-13(25)9-23-16(24)26)22-4-6-27-14-11(18)7-10(17)8-12(14)19/h7-8H,2-6,9H2,1H3,(H,23,26)(H2,20,21,22). The molecular formula is C16H20Cl3N5O3. The van der Waals surface area contributed by atoms with Gasteiger partial charge in [0, 0.05) is 11.6 Å². The molecule has 3 N–H and O–H groups in total. The summed E-state index contributed by atoms with van der Waals surface area (Å²) in [5, 5.41) is 9.72. The average molecular weight is 437 g/mol. The number of nitrogens with one attached hydrogen (secondary N) is 3. The molecule has 0 aliphatic carbocycles. The zero-order chi connectivity index (χ0) is 19.8. The molecule has 1 aromatic carbocycles. The zero-order valence-corrected chi connectivity index (χ0v) is 16.9. The van der Waals surface area contributed by atoms with E-state index in [0.29, 0.717) is 46.5 Å². The number of carbonyl (C=O) groups is 2. The first-order valence-electron chi connectivity index (χ1n) is 8.30. The van der Waals surface area contributed by atoms with Crippen molar-refractivity contribution in [1.82, 2.24) is 20.9 Å². The molecule has 1 saturated heterocycles. The fourth-order valence-electron chi connectivity index (χ4n) is 2.27. The van der Waals surface area contributed by atoms with Gasteiger partial charge < -0.3 is 20.7 Å². The second-order valence-electron chi connectivity index (χ2n) is 5.44. The summed E-state index contributed by atoms with van der Waals surface area (Å²) in [4.78, 5) is 28.5. The SMILES string of the molecule is CCNC(=NCCN1C(=O)CNC1=O)NCCOc1c(Cl)cc(Cl)cc1Cl. The summed E-state index contributed by atoms with van der Waals surface area (Å²) in [6, 6.07) is 2.72. The molecule has 0 spiro atoms. The van der Waals surface area contributed by atoms with Gasteiger partial charge >= 0.3 is 6.03 Å². The molecule has 0 aromatic heterocycles. The van der Waals surface area contributed by atoms with E-state index < -0.39 is 6.03 Å². The van der Waals surface area contributed by atoms with Crippen molar-refractivity contribution < 1.29 is 14.3 Å². The van der Waals surface area contributed by atoms with Gasteiger partial charge in [0.2, 0.25) is 5.91 Å². The maximum Gasteiger partial charge on any atom is 0.324 e. The van der Waals surface area contributed by atoms with E-state index in [4.69, 9.17) is 39.5 Å². The summed E-state index contributed by atoms with van der Waals surface area (Å²) in [5.41, 5.74) is 0. The van der Waals surface area contributed by atoms with Gasteiger partial charge in [-0.05, 0) is 19.1 Å². The third-order valence-corrected chi connectivity index (χ3v) is 4.26. The van der Waals surface area contributed by atoms with Crippen LogP contribution in [0.25, 0.3) is 0 Å². The van der Waals surface area contributed by atoms with Crippen LogP contribution in [0.4, 0.5) is 4.79 Å². The molecule has 0 radical (unpaired) electrons. The summed E-state index contributed by atoms with van der Waals surface area (Å²) in [7, 11) is 0. The maximum absolute atomic E-state index is 11.5.